The smallest absolute Gasteiger partial charge is 0.272 e. The Balaban J connectivity index is 1.61. The molecule has 0 aliphatic heterocycles. The fraction of sp³-hybridized carbons (Fsp3) is 0.0455. The Labute approximate surface area is 187 Å². The van der Waals surface area contributed by atoms with Crippen molar-refractivity contribution in [2.75, 3.05) is 7.05 Å². The van der Waals surface area contributed by atoms with Gasteiger partial charge in [0.15, 0.2) is 5.76 Å². The summed E-state index contributed by atoms with van der Waals surface area (Å²) in [5.74, 6) is -2.22. The molecule has 0 saturated carbocycles. The maximum Gasteiger partial charge on any atom is 0.272 e. The predicted molar refractivity (Wildman–Crippen MR) is 117 cm³/mol. The fourth-order valence-corrected chi connectivity index (χ4v) is 3.88. The van der Waals surface area contributed by atoms with E-state index in [0.29, 0.717) is 22.4 Å². The van der Waals surface area contributed by atoms with Gasteiger partial charge in [-0.15, -0.1) is 0 Å². The predicted octanol–water partition coefficient (Wildman–Crippen LogP) is 2.62. The van der Waals surface area contributed by atoms with E-state index < -0.39 is 33.2 Å². The summed E-state index contributed by atoms with van der Waals surface area (Å²) < 4.78 is 45.5. The molecule has 0 aliphatic rings. The van der Waals surface area contributed by atoms with Gasteiger partial charge in [-0.1, -0.05) is 18.2 Å². The Kier molecular flexibility index (Phi) is 5.90. The van der Waals surface area contributed by atoms with Crippen molar-refractivity contribution >= 4 is 32.7 Å². The van der Waals surface area contributed by atoms with E-state index in [0.717, 1.165) is 18.2 Å². The van der Waals surface area contributed by atoms with Gasteiger partial charge in [0, 0.05) is 5.39 Å². The number of amides is 2. The third-order valence-corrected chi connectivity index (χ3v) is 6.20. The van der Waals surface area contributed by atoms with E-state index in [2.05, 4.69) is 20.6 Å². The highest BCUT2D eigenvalue weighted by Crippen LogP contribution is 2.25. The molecular weight excluding hydrogens is 451 g/mol. The number of halogens is 1. The SMILES string of the molecule is CNS(=O)(=O)c1ccc(F)c(C(=O)NNC(=O)c2cc(-c3ccco3)nc3ccccc23)c1. The van der Waals surface area contributed by atoms with Crippen molar-refractivity contribution in [3.63, 3.8) is 0 Å². The van der Waals surface area contributed by atoms with Crippen LogP contribution in [-0.4, -0.2) is 32.3 Å². The van der Waals surface area contributed by atoms with Crippen molar-refractivity contribution in [2.24, 2.45) is 0 Å². The second kappa shape index (κ2) is 8.81. The highest BCUT2D eigenvalue weighted by molar-refractivity contribution is 7.89. The fourth-order valence-electron chi connectivity index (χ4n) is 3.13. The van der Waals surface area contributed by atoms with Gasteiger partial charge >= 0.3 is 0 Å². The molecule has 4 aromatic rings. The summed E-state index contributed by atoms with van der Waals surface area (Å²) in [7, 11) is -2.71. The molecule has 9 nitrogen and oxygen atoms in total. The Bertz CT molecular complexity index is 1470. The van der Waals surface area contributed by atoms with Gasteiger partial charge in [-0.05, 0) is 49.5 Å². The van der Waals surface area contributed by atoms with Crippen molar-refractivity contribution in [1.82, 2.24) is 20.6 Å². The van der Waals surface area contributed by atoms with Crippen LogP contribution in [0.15, 0.2) is 76.2 Å². The van der Waals surface area contributed by atoms with E-state index in [1.165, 1.54) is 19.4 Å². The van der Waals surface area contributed by atoms with E-state index >= 15 is 0 Å². The second-order valence-corrected chi connectivity index (χ2v) is 8.69. The number of carbonyl (C=O) groups is 2. The second-order valence-electron chi connectivity index (χ2n) is 6.81. The highest BCUT2D eigenvalue weighted by Gasteiger charge is 2.20. The number of rotatable bonds is 5. The van der Waals surface area contributed by atoms with Crippen molar-refractivity contribution in [3.8, 4) is 11.5 Å². The van der Waals surface area contributed by atoms with Gasteiger partial charge in [0.25, 0.3) is 11.8 Å². The van der Waals surface area contributed by atoms with Gasteiger partial charge < -0.3 is 4.42 Å². The van der Waals surface area contributed by atoms with Crippen LogP contribution in [0.3, 0.4) is 0 Å². The number of nitrogens with zero attached hydrogens (tertiary/aromatic N) is 1. The highest BCUT2D eigenvalue weighted by atomic mass is 32.2. The number of hydrogen-bond donors (Lipinski definition) is 3. The Morgan fingerprint density at radius 3 is 2.36 bits per heavy atom. The quantitative estimate of drug-likeness (QED) is 0.386. The number of aromatic nitrogens is 1. The molecule has 0 spiro atoms. The van der Waals surface area contributed by atoms with Crippen molar-refractivity contribution < 1.29 is 26.8 Å². The van der Waals surface area contributed by atoms with Crippen molar-refractivity contribution in [2.45, 2.75) is 4.90 Å². The van der Waals surface area contributed by atoms with E-state index in [1.54, 1.807) is 36.4 Å². The number of sulfonamides is 1. The zero-order valence-corrected chi connectivity index (χ0v) is 17.9. The van der Waals surface area contributed by atoms with Crippen molar-refractivity contribution in [3.05, 3.63) is 83.9 Å². The molecule has 2 aromatic carbocycles. The van der Waals surface area contributed by atoms with E-state index in [1.807, 2.05) is 0 Å². The first-order chi connectivity index (χ1) is 15.8. The van der Waals surface area contributed by atoms with Crippen LogP contribution in [0.25, 0.3) is 22.4 Å². The van der Waals surface area contributed by atoms with Gasteiger partial charge in [0.1, 0.15) is 11.5 Å². The zero-order chi connectivity index (χ0) is 23.6. The Hall–Kier alpha value is -4.09. The van der Waals surface area contributed by atoms with Crippen LogP contribution in [0.5, 0.6) is 0 Å². The van der Waals surface area contributed by atoms with Crippen LogP contribution in [0.2, 0.25) is 0 Å². The monoisotopic (exact) mass is 468 g/mol. The maximum absolute atomic E-state index is 14.2. The standard InChI is InChI=1S/C22H17FN4O5S/c1-24-33(30,31)13-8-9-17(23)16(11-13)22(29)27-26-21(28)15-12-19(20-7-4-10-32-20)25-18-6-3-2-5-14(15)18/h2-12,24H,1H3,(H,26,28)(H,27,29). The van der Waals surface area contributed by atoms with Crippen LogP contribution in [0, 0.1) is 5.82 Å². The zero-order valence-electron chi connectivity index (χ0n) is 17.1. The first kappa shape index (κ1) is 22.1. The molecule has 4 rings (SSSR count). The lowest BCUT2D eigenvalue weighted by atomic mass is 10.1. The molecular formula is C22H17FN4O5S. The molecule has 0 bridgehead atoms. The molecule has 2 amide bonds. The number of furan rings is 1. The summed E-state index contributed by atoms with van der Waals surface area (Å²) in [6.07, 6.45) is 1.48. The first-order valence-electron chi connectivity index (χ1n) is 9.57. The van der Waals surface area contributed by atoms with E-state index in [9.17, 15) is 22.4 Å². The Morgan fingerprint density at radius 2 is 1.67 bits per heavy atom. The number of nitrogens with one attached hydrogen (secondary N) is 3. The first-order valence-corrected chi connectivity index (χ1v) is 11.1. The number of carbonyl (C=O) groups excluding carboxylic acids is 2. The normalized spacial score (nSPS) is 11.3. The molecule has 33 heavy (non-hydrogen) atoms. The number of benzene rings is 2. The molecule has 2 heterocycles. The summed E-state index contributed by atoms with van der Waals surface area (Å²) in [5.41, 5.74) is 4.92. The van der Waals surface area contributed by atoms with Crippen LogP contribution >= 0.6 is 0 Å². The summed E-state index contributed by atoms with van der Waals surface area (Å²) in [5, 5.41) is 0.521. The molecule has 3 N–H and O–H groups in total. The van der Waals surface area contributed by atoms with Crippen molar-refractivity contribution in [1.29, 1.82) is 0 Å². The minimum absolute atomic E-state index is 0.194. The molecule has 11 heteroatoms. The number of pyridine rings is 1. The van der Waals surface area contributed by atoms with Gasteiger partial charge in [0.2, 0.25) is 10.0 Å². The molecule has 0 aliphatic carbocycles. The van der Waals surface area contributed by atoms with Crippen LogP contribution in [0.1, 0.15) is 20.7 Å². The number of para-hydroxylation sites is 1. The van der Waals surface area contributed by atoms with Crippen LogP contribution in [-0.2, 0) is 10.0 Å². The minimum Gasteiger partial charge on any atom is -0.463 e. The summed E-state index contributed by atoms with van der Waals surface area (Å²) in [6, 6.07) is 14.5. The maximum atomic E-state index is 14.2. The van der Waals surface area contributed by atoms with Crippen LogP contribution < -0.4 is 15.6 Å². The summed E-state index contributed by atoms with van der Waals surface area (Å²) in [4.78, 5) is 29.5. The van der Waals surface area contributed by atoms with Gasteiger partial charge in [0.05, 0.1) is 27.8 Å². The third kappa shape index (κ3) is 4.45. The van der Waals surface area contributed by atoms with E-state index in [-0.39, 0.29) is 10.5 Å². The molecule has 0 atom stereocenters. The van der Waals surface area contributed by atoms with Gasteiger partial charge in [-0.3, -0.25) is 20.4 Å². The number of fused-ring (bicyclic) bond motifs is 1. The topological polar surface area (TPSA) is 130 Å². The molecule has 2 aromatic heterocycles. The molecule has 0 unspecified atom stereocenters. The largest absolute Gasteiger partial charge is 0.463 e. The lowest BCUT2D eigenvalue weighted by molar-refractivity contribution is 0.0845. The molecule has 0 radical (unpaired) electrons. The lowest BCUT2D eigenvalue weighted by Gasteiger charge is -2.12. The average molecular weight is 468 g/mol. The number of hydrazine groups is 1. The van der Waals surface area contributed by atoms with Gasteiger partial charge in [-0.2, -0.15) is 0 Å². The molecule has 168 valence electrons. The average Bonchev–Trinajstić information content (AvgIpc) is 3.37. The van der Waals surface area contributed by atoms with Crippen LogP contribution in [0.4, 0.5) is 4.39 Å². The third-order valence-electron chi connectivity index (χ3n) is 4.79. The molecule has 0 fully saturated rings. The summed E-state index contributed by atoms with van der Waals surface area (Å²) in [6.45, 7) is 0. The summed E-state index contributed by atoms with van der Waals surface area (Å²) >= 11 is 0. The number of hydrogen-bond acceptors (Lipinski definition) is 6. The van der Waals surface area contributed by atoms with Gasteiger partial charge in [-0.25, -0.2) is 22.5 Å². The Morgan fingerprint density at radius 1 is 0.939 bits per heavy atom. The lowest BCUT2D eigenvalue weighted by Crippen LogP contribution is -2.42. The minimum atomic E-state index is -3.90. The molecule has 0 saturated heterocycles. The van der Waals surface area contributed by atoms with E-state index in [4.69, 9.17) is 4.42 Å².